The lowest BCUT2D eigenvalue weighted by Gasteiger charge is -2.38. The van der Waals surface area contributed by atoms with Gasteiger partial charge in [0.1, 0.15) is 5.76 Å². The van der Waals surface area contributed by atoms with Crippen LogP contribution >= 0.6 is 15.9 Å². The predicted octanol–water partition coefficient (Wildman–Crippen LogP) is 2.42. The van der Waals surface area contributed by atoms with Crippen molar-refractivity contribution in [3.8, 4) is 0 Å². The first kappa shape index (κ1) is 8.32. The van der Waals surface area contributed by atoms with Gasteiger partial charge in [-0.15, -0.1) is 0 Å². The molecule has 1 saturated carbocycles. The topological polar surface area (TPSA) is 39.2 Å². The summed E-state index contributed by atoms with van der Waals surface area (Å²) in [4.78, 5) is 0. The highest BCUT2D eigenvalue weighted by Gasteiger charge is 2.39. The van der Waals surface area contributed by atoms with E-state index in [4.69, 9.17) is 10.2 Å². The van der Waals surface area contributed by atoms with Crippen LogP contribution in [0.4, 0.5) is 0 Å². The first-order valence-electron chi connectivity index (χ1n) is 4.23. The Morgan fingerprint density at radius 1 is 1.50 bits per heavy atom. The zero-order valence-electron chi connectivity index (χ0n) is 6.85. The largest absolute Gasteiger partial charge is 0.454 e. The Balaban J connectivity index is 2.27. The monoisotopic (exact) mass is 229 g/mol. The Morgan fingerprint density at radius 3 is 2.58 bits per heavy atom. The summed E-state index contributed by atoms with van der Waals surface area (Å²) in [7, 11) is 0. The van der Waals surface area contributed by atoms with E-state index < -0.39 is 0 Å². The van der Waals surface area contributed by atoms with E-state index >= 15 is 0 Å². The third-order valence-electron chi connectivity index (χ3n) is 2.80. The molecule has 1 aromatic rings. The van der Waals surface area contributed by atoms with Crippen molar-refractivity contribution < 1.29 is 4.42 Å². The molecule has 0 amide bonds. The van der Waals surface area contributed by atoms with E-state index in [2.05, 4.69) is 15.9 Å². The summed E-state index contributed by atoms with van der Waals surface area (Å²) in [5.74, 6) is 1.04. The lowest BCUT2D eigenvalue weighted by Crippen LogP contribution is -2.41. The third kappa shape index (κ3) is 1.12. The van der Waals surface area contributed by atoms with Gasteiger partial charge in [0, 0.05) is 12.0 Å². The predicted molar refractivity (Wildman–Crippen MR) is 51.0 cm³/mol. The summed E-state index contributed by atoms with van der Waals surface area (Å²) in [5.41, 5.74) is 5.89. The number of nitrogens with two attached hydrogens (primary N) is 1. The van der Waals surface area contributed by atoms with Gasteiger partial charge in [-0.3, -0.25) is 0 Å². The lowest BCUT2D eigenvalue weighted by atomic mass is 9.67. The van der Waals surface area contributed by atoms with Crippen LogP contribution in [0.5, 0.6) is 0 Å². The molecule has 2 nitrogen and oxygen atoms in total. The molecule has 0 atom stereocenters. The van der Waals surface area contributed by atoms with Crippen LogP contribution in [0.1, 0.15) is 25.0 Å². The second-order valence-electron chi connectivity index (χ2n) is 3.44. The average Bonchev–Trinajstić information content (AvgIpc) is 2.35. The van der Waals surface area contributed by atoms with Crippen LogP contribution in [-0.2, 0) is 5.41 Å². The number of rotatable bonds is 2. The van der Waals surface area contributed by atoms with Crippen LogP contribution in [0, 0.1) is 0 Å². The summed E-state index contributed by atoms with van der Waals surface area (Å²) in [5, 5.41) is 0. The summed E-state index contributed by atoms with van der Waals surface area (Å²) >= 11 is 3.30. The fourth-order valence-electron chi connectivity index (χ4n) is 1.75. The maximum Gasteiger partial charge on any atom is 0.169 e. The van der Waals surface area contributed by atoms with Gasteiger partial charge < -0.3 is 10.2 Å². The highest BCUT2D eigenvalue weighted by Crippen LogP contribution is 2.43. The minimum Gasteiger partial charge on any atom is -0.454 e. The molecular formula is C9H12BrNO. The Morgan fingerprint density at radius 2 is 2.25 bits per heavy atom. The third-order valence-corrected chi connectivity index (χ3v) is 3.22. The number of hydrogen-bond acceptors (Lipinski definition) is 2. The van der Waals surface area contributed by atoms with Gasteiger partial charge in [0.15, 0.2) is 4.67 Å². The second kappa shape index (κ2) is 2.89. The summed E-state index contributed by atoms with van der Waals surface area (Å²) in [6.07, 6.45) is 3.61. The molecular weight excluding hydrogens is 218 g/mol. The van der Waals surface area contributed by atoms with Crippen molar-refractivity contribution in [1.82, 2.24) is 0 Å². The van der Waals surface area contributed by atoms with Gasteiger partial charge in [0.05, 0.1) is 0 Å². The zero-order valence-corrected chi connectivity index (χ0v) is 8.43. The molecule has 1 aliphatic rings. The molecule has 1 heterocycles. The molecule has 0 spiro atoms. The Hall–Kier alpha value is -0.280. The zero-order chi connectivity index (χ0) is 8.60. The van der Waals surface area contributed by atoms with Crippen LogP contribution in [0.3, 0.4) is 0 Å². The molecule has 0 radical (unpaired) electrons. The minimum atomic E-state index is 0.159. The molecule has 0 bridgehead atoms. The minimum absolute atomic E-state index is 0.159. The molecule has 3 heteroatoms. The Labute approximate surface area is 80.3 Å². The summed E-state index contributed by atoms with van der Waals surface area (Å²) in [6.45, 7) is 0.701. The van der Waals surface area contributed by atoms with Crippen molar-refractivity contribution in [3.63, 3.8) is 0 Å². The van der Waals surface area contributed by atoms with Gasteiger partial charge >= 0.3 is 0 Å². The molecule has 0 unspecified atom stereocenters. The van der Waals surface area contributed by atoms with Crippen molar-refractivity contribution in [1.29, 1.82) is 0 Å². The van der Waals surface area contributed by atoms with E-state index in [1.807, 2.05) is 12.1 Å². The summed E-state index contributed by atoms with van der Waals surface area (Å²) in [6, 6.07) is 3.96. The molecule has 12 heavy (non-hydrogen) atoms. The van der Waals surface area contributed by atoms with Gasteiger partial charge in [0.25, 0.3) is 0 Å². The Kier molecular flexibility index (Phi) is 2.00. The fourth-order valence-corrected chi connectivity index (χ4v) is 2.06. The van der Waals surface area contributed by atoms with E-state index in [-0.39, 0.29) is 5.41 Å². The first-order chi connectivity index (χ1) is 5.77. The van der Waals surface area contributed by atoms with E-state index in [1.54, 1.807) is 0 Å². The van der Waals surface area contributed by atoms with Crippen molar-refractivity contribution in [2.75, 3.05) is 6.54 Å². The number of hydrogen-bond donors (Lipinski definition) is 1. The first-order valence-corrected chi connectivity index (χ1v) is 5.02. The smallest absolute Gasteiger partial charge is 0.169 e. The lowest BCUT2D eigenvalue weighted by molar-refractivity contribution is 0.206. The number of furan rings is 1. The molecule has 0 aliphatic heterocycles. The van der Waals surface area contributed by atoms with Gasteiger partial charge in [-0.25, -0.2) is 0 Å². The van der Waals surface area contributed by atoms with Gasteiger partial charge in [-0.05, 0) is 40.9 Å². The standard InChI is InChI=1S/C9H12BrNO/c10-8-3-2-7(12-8)9(6-11)4-1-5-9/h2-3H,1,4-6,11H2. The van der Waals surface area contributed by atoms with Gasteiger partial charge in [0.2, 0.25) is 0 Å². The molecule has 0 saturated heterocycles. The Bertz CT molecular complexity index is 272. The molecule has 1 aliphatic carbocycles. The van der Waals surface area contributed by atoms with Gasteiger partial charge in [-0.1, -0.05) is 6.42 Å². The van der Waals surface area contributed by atoms with Crippen molar-refractivity contribution in [2.45, 2.75) is 24.7 Å². The quantitative estimate of drug-likeness (QED) is 0.847. The second-order valence-corrected chi connectivity index (χ2v) is 4.22. The van der Waals surface area contributed by atoms with Crippen LogP contribution < -0.4 is 5.73 Å². The van der Waals surface area contributed by atoms with Crippen molar-refractivity contribution in [2.24, 2.45) is 5.73 Å². The molecule has 66 valence electrons. The summed E-state index contributed by atoms with van der Waals surface area (Å²) < 4.78 is 6.32. The SMILES string of the molecule is NCC1(c2ccc(Br)o2)CCC1. The van der Waals surface area contributed by atoms with Crippen molar-refractivity contribution in [3.05, 3.63) is 22.6 Å². The average molecular weight is 230 g/mol. The molecule has 1 aromatic heterocycles. The normalized spacial score (nSPS) is 20.5. The van der Waals surface area contributed by atoms with E-state index in [1.165, 1.54) is 19.3 Å². The van der Waals surface area contributed by atoms with Gasteiger partial charge in [-0.2, -0.15) is 0 Å². The molecule has 2 rings (SSSR count). The molecule has 1 fully saturated rings. The highest BCUT2D eigenvalue weighted by atomic mass is 79.9. The van der Waals surface area contributed by atoms with E-state index in [0.29, 0.717) is 6.54 Å². The molecule has 2 N–H and O–H groups in total. The van der Waals surface area contributed by atoms with Crippen LogP contribution in [-0.4, -0.2) is 6.54 Å². The van der Waals surface area contributed by atoms with Crippen LogP contribution in [0.25, 0.3) is 0 Å². The fraction of sp³-hybridized carbons (Fsp3) is 0.556. The van der Waals surface area contributed by atoms with E-state index in [0.717, 1.165) is 10.4 Å². The van der Waals surface area contributed by atoms with Crippen LogP contribution in [0.2, 0.25) is 0 Å². The van der Waals surface area contributed by atoms with Crippen LogP contribution in [0.15, 0.2) is 21.2 Å². The van der Waals surface area contributed by atoms with Crippen molar-refractivity contribution >= 4 is 15.9 Å². The van der Waals surface area contributed by atoms with E-state index in [9.17, 15) is 0 Å². The number of halogens is 1. The molecule has 0 aromatic carbocycles. The highest BCUT2D eigenvalue weighted by molar-refractivity contribution is 9.10. The maximum absolute atomic E-state index is 5.73. The maximum atomic E-state index is 5.73.